The van der Waals surface area contributed by atoms with E-state index >= 15 is 0 Å². The number of hydrogen-bond acceptors (Lipinski definition) is 4. The van der Waals surface area contributed by atoms with Gasteiger partial charge in [-0.3, -0.25) is 4.90 Å². The predicted octanol–water partition coefficient (Wildman–Crippen LogP) is 2.45. The maximum atomic E-state index is 6.06. The minimum atomic E-state index is 0.224. The van der Waals surface area contributed by atoms with Crippen molar-refractivity contribution in [3.8, 4) is 0 Å². The van der Waals surface area contributed by atoms with Gasteiger partial charge >= 0.3 is 0 Å². The molecule has 2 unspecified atom stereocenters. The van der Waals surface area contributed by atoms with Crippen molar-refractivity contribution in [2.45, 2.75) is 30.6 Å². The lowest BCUT2D eigenvalue weighted by Gasteiger charge is -2.41. The zero-order valence-electron chi connectivity index (χ0n) is 10.7. The van der Waals surface area contributed by atoms with Gasteiger partial charge in [0.1, 0.15) is 0 Å². The van der Waals surface area contributed by atoms with Gasteiger partial charge < -0.3 is 5.73 Å². The SMILES string of the molecule is CC1SCCC1(CN)N(C)CCc1cccs1. The molecular formula is C13H22N2S2. The number of nitrogens with zero attached hydrogens (tertiary/aromatic N) is 1. The number of nitrogens with two attached hydrogens (primary N) is 1. The molecule has 0 aliphatic carbocycles. The maximum absolute atomic E-state index is 6.06. The molecule has 4 heteroatoms. The van der Waals surface area contributed by atoms with Crippen LogP contribution in [0.1, 0.15) is 18.2 Å². The molecule has 2 nitrogen and oxygen atoms in total. The topological polar surface area (TPSA) is 29.3 Å². The summed E-state index contributed by atoms with van der Waals surface area (Å²) >= 11 is 3.91. The van der Waals surface area contributed by atoms with Gasteiger partial charge in [-0.2, -0.15) is 11.8 Å². The molecule has 2 rings (SSSR count). The average molecular weight is 270 g/mol. The molecule has 17 heavy (non-hydrogen) atoms. The predicted molar refractivity (Wildman–Crippen MR) is 79.0 cm³/mol. The second-order valence-electron chi connectivity index (χ2n) is 4.82. The summed E-state index contributed by atoms with van der Waals surface area (Å²) in [6, 6.07) is 4.35. The first kappa shape index (κ1) is 13.4. The molecule has 2 heterocycles. The van der Waals surface area contributed by atoms with Crippen LogP contribution in [0.25, 0.3) is 0 Å². The molecular weight excluding hydrogens is 248 g/mol. The van der Waals surface area contributed by atoms with Gasteiger partial charge in [0, 0.05) is 28.8 Å². The van der Waals surface area contributed by atoms with Crippen molar-refractivity contribution in [2.24, 2.45) is 5.73 Å². The fraction of sp³-hybridized carbons (Fsp3) is 0.692. The Balaban J connectivity index is 1.95. The Bertz CT molecular complexity index is 339. The van der Waals surface area contributed by atoms with Crippen LogP contribution in [0.4, 0.5) is 0 Å². The molecule has 0 saturated carbocycles. The molecule has 0 aromatic carbocycles. The van der Waals surface area contributed by atoms with Crippen molar-refractivity contribution >= 4 is 23.1 Å². The number of hydrogen-bond donors (Lipinski definition) is 1. The van der Waals surface area contributed by atoms with Crippen molar-refractivity contribution < 1.29 is 0 Å². The van der Waals surface area contributed by atoms with Crippen LogP contribution in [0.2, 0.25) is 0 Å². The Labute approximate surface area is 113 Å². The second-order valence-corrected chi connectivity index (χ2v) is 7.30. The van der Waals surface area contributed by atoms with Gasteiger partial charge in [0.2, 0.25) is 0 Å². The van der Waals surface area contributed by atoms with Crippen molar-refractivity contribution in [3.05, 3.63) is 22.4 Å². The van der Waals surface area contributed by atoms with Crippen LogP contribution in [0.15, 0.2) is 17.5 Å². The van der Waals surface area contributed by atoms with Gasteiger partial charge in [-0.05, 0) is 37.1 Å². The van der Waals surface area contributed by atoms with Crippen LogP contribution in [-0.2, 0) is 6.42 Å². The molecule has 0 spiro atoms. The van der Waals surface area contributed by atoms with E-state index in [0.717, 1.165) is 19.5 Å². The minimum Gasteiger partial charge on any atom is -0.329 e. The summed E-state index contributed by atoms with van der Waals surface area (Å²) in [5.74, 6) is 1.25. The van der Waals surface area contributed by atoms with Crippen LogP contribution in [0, 0.1) is 0 Å². The van der Waals surface area contributed by atoms with Crippen LogP contribution in [-0.4, -0.2) is 41.6 Å². The summed E-state index contributed by atoms with van der Waals surface area (Å²) in [6.07, 6.45) is 2.38. The minimum absolute atomic E-state index is 0.224. The first-order chi connectivity index (χ1) is 8.19. The normalized spacial score (nSPS) is 29.1. The Morgan fingerprint density at radius 1 is 1.59 bits per heavy atom. The summed E-state index contributed by atoms with van der Waals surface area (Å²) in [4.78, 5) is 3.97. The van der Waals surface area contributed by atoms with Gasteiger partial charge in [-0.15, -0.1) is 11.3 Å². The van der Waals surface area contributed by atoms with Crippen LogP contribution in [0.5, 0.6) is 0 Å². The van der Waals surface area contributed by atoms with E-state index in [1.165, 1.54) is 17.1 Å². The van der Waals surface area contributed by atoms with Gasteiger partial charge in [0.15, 0.2) is 0 Å². The van der Waals surface area contributed by atoms with Gasteiger partial charge in [0.05, 0.1) is 0 Å². The largest absolute Gasteiger partial charge is 0.329 e. The first-order valence-electron chi connectivity index (χ1n) is 6.24. The molecule has 96 valence electrons. The third-order valence-electron chi connectivity index (χ3n) is 4.05. The second kappa shape index (κ2) is 5.74. The van der Waals surface area contributed by atoms with Crippen molar-refractivity contribution in [1.82, 2.24) is 4.90 Å². The van der Waals surface area contributed by atoms with Crippen LogP contribution >= 0.6 is 23.1 Å². The Hall–Kier alpha value is -0.0300. The van der Waals surface area contributed by atoms with Crippen LogP contribution < -0.4 is 5.73 Å². The average Bonchev–Trinajstić information content (AvgIpc) is 2.95. The van der Waals surface area contributed by atoms with Crippen molar-refractivity contribution in [1.29, 1.82) is 0 Å². The molecule has 1 aliphatic heterocycles. The quantitative estimate of drug-likeness (QED) is 0.891. The zero-order valence-corrected chi connectivity index (χ0v) is 12.3. The van der Waals surface area contributed by atoms with Gasteiger partial charge in [0.25, 0.3) is 0 Å². The maximum Gasteiger partial charge on any atom is 0.0452 e. The van der Waals surface area contributed by atoms with E-state index in [1.54, 1.807) is 0 Å². The fourth-order valence-corrected chi connectivity index (χ4v) is 4.88. The standard InChI is InChI=1S/C13H22N2S2/c1-11-13(10-14,6-9-16-11)15(2)7-5-12-4-3-8-17-12/h3-4,8,11H,5-7,9-10,14H2,1-2H3. The van der Waals surface area contributed by atoms with E-state index in [9.17, 15) is 0 Å². The van der Waals surface area contributed by atoms with E-state index in [0.29, 0.717) is 5.25 Å². The van der Waals surface area contributed by atoms with E-state index in [1.807, 2.05) is 11.3 Å². The Kier molecular flexibility index (Phi) is 4.53. The smallest absolute Gasteiger partial charge is 0.0452 e. The third-order valence-corrected chi connectivity index (χ3v) is 6.36. The highest BCUT2D eigenvalue weighted by atomic mass is 32.2. The highest BCUT2D eigenvalue weighted by Gasteiger charge is 2.42. The molecule has 1 aromatic heterocycles. The highest BCUT2D eigenvalue weighted by Crippen LogP contribution is 2.38. The van der Waals surface area contributed by atoms with E-state index < -0.39 is 0 Å². The van der Waals surface area contributed by atoms with Gasteiger partial charge in [-0.1, -0.05) is 13.0 Å². The molecule has 0 amide bonds. The van der Waals surface area contributed by atoms with E-state index in [-0.39, 0.29) is 5.54 Å². The lowest BCUT2D eigenvalue weighted by Crippen LogP contribution is -2.56. The molecule has 1 aromatic rings. The Morgan fingerprint density at radius 2 is 2.41 bits per heavy atom. The Morgan fingerprint density at radius 3 is 2.94 bits per heavy atom. The van der Waals surface area contributed by atoms with Gasteiger partial charge in [-0.25, -0.2) is 0 Å². The molecule has 1 aliphatic rings. The fourth-order valence-electron chi connectivity index (χ4n) is 2.65. The number of thiophene rings is 1. The molecule has 1 fully saturated rings. The lowest BCUT2D eigenvalue weighted by atomic mass is 9.91. The van der Waals surface area contributed by atoms with Crippen LogP contribution in [0.3, 0.4) is 0 Å². The van der Waals surface area contributed by atoms with Crippen molar-refractivity contribution in [3.63, 3.8) is 0 Å². The molecule has 0 radical (unpaired) electrons. The van der Waals surface area contributed by atoms with Crippen molar-refractivity contribution in [2.75, 3.05) is 25.9 Å². The van der Waals surface area contributed by atoms with E-state index in [2.05, 4.69) is 48.1 Å². The number of thioether (sulfide) groups is 1. The monoisotopic (exact) mass is 270 g/mol. The summed E-state index contributed by atoms with van der Waals surface area (Å²) < 4.78 is 0. The zero-order chi connectivity index (χ0) is 12.3. The number of rotatable bonds is 5. The third kappa shape index (κ3) is 2.70. The summed E-state index contributed by atoms with van der Waals surface area (Å²) in [6.45, 7) is 4.22. The lowest BCUT2D eigenvalue weighted by molar-refractivity contribution is 0.131. The molecule has 1 saturated heterocycles. The van der Waals surface area contributed by atoms with E-state index in [4.69, 9.17) is 5.73 Å². The summed E-state index contributed by atoms with van der Waals surface area (Å²) in [5, 5.41) is 2.81. The highest BCUT2D eigenvalue weighted by molar-refractivity contribution is 8.00. The first-order valence-corrected chi connectivity index (χ1v) is 8.17. The summed E-state index contributed by atoms with van der Waals surface area (Å²) in [7, 11) is 2.24. The molecule has 2 atom stereocenters. The summed E-state index contributed by atoms with van der Waals surface area (Å²) in [5.41, 5.74) is 6.28. The molecule has 0 bridgehead atoms. The number of likely N-dealkylation sites (N-methyl/N-ethyl adjacent to an activating group) is 1. The molecule has 2 N–H and O–H groups in total.